The van der Waals surface area contributed by atoms with Crippen LogP contribution in [0.5, 0.6) is 23.0 Å². The summed E-state index contributed by atoms with van der Waals surface area (Å²) in [6.45, 7) is 5.92. The van der Waals surface area contributed by atoms with Crippen LogP contribution in [-0.4, -0.2) is 62.8 Å². The second-order valence-corrected chi connectivity index (χ2v) is 15.9. The molecule has 6 N–H and O–H groups in total. The van der Waals surface area contributed by atoms with Gasteiger partial charge in [-0.05, 0) is 65.4 Å². The quantitative estimate of drug-likeness (QED) is 0.0665. The lowest BCUT2D eigenvalue weighted by Crippen LogP contribution is -2.30. The van der Waals surface area contributed by atoms with Crippen molar-refractivity contribution >= 4 is 55.6 Å². The van der Waals surface area contributed by atoms with Crippen LogP contribution in [-0.2, 0) is 26.7 Å². The zero-order valence-electron chi connectivity index (χ0n) is 31.9. The lowest BCUT2D eigenvalue weighted by Gasteiger charge is -2.24. The number of Topliss-reactive ketones (excluding diaryl/α,β-unsaturated/α-hetero) is 1. The minimum absolute atomic E-state index is 0.0113. The highest BCUT2D eigenvalue weighted by atomic mass is 32.2. The average molecular weight is 784 g/mol. The van der Waals surface area contributed by atoms with E-state index in [1.165, 1.54) is 14.2 Å². The summed E-state index contributed by atoms with van der Waals surface area (Å²) in [5, 5.41) is 16.2. The molecular formula is C41H45N5O9S. The maximum atomic E-state index is 13.5. The van der Waals surface area contributed by atoms with Gasteiger partial charge >= 0.3 is 12.0 Å². The van der Waals surface area contributed by atoms with Gasteiger partial charge in [0.2, 0.25) is 10.0 Å². The number of nitrogens with two attached hydrogens (primary N) is 1. The molecule has 56 heavy (non-hydrogen) atoms. The van der Waals surface area contributed by atoms with Gasteiger partial charge < -0.3 is 35.7 Å². The Morgan fingerprint density at radius 1 is 0.857 bits per heavy atom. The first-order valence-corrected chi connectivity index (χ1v) is 19.5. The van der Waals surface area contributed by atoms with Crippen molar-refractivity contribution in [2.24, 2.45) is 5.73 Å². The molecule has 1 heterocycles. The van der Waals surface area contributed by atoms with Gasteiger partial charge in [0, 0.05) is 41.6 Å². The fourth-order valence-electron chi connectivity index (χ4n) is 5.97. The molecule has 0 saturated carbocycles. The number of ether oxygens (including phenoxy) is 3. The molecule has 0 bridgehead atoms. The molecule has 14 nitrogen and oxygen atoms in total. The molecule has 15 heteroatoms. The number of carboxylic acids is 1. The van der Waals surface area contributed by atoms with Crippen molar-refractivity contribution in [3.05, 3.63) is 107 Å². The second kappa shape index (κ2) is 17.1. The van der Waals surface area contributed by atoms with Crippen LogP contribution in [0.3, 0.4) is 0 Å². The lowest BCUT2D eigenvalue weighted by molar-refractivity contribution is -0.138. The highest BCUT2D eigenvalue weighted by Crippen LogP contribution is 2.40. The Hall–Kier alpha value is -6.19. The van der Waals surface area contributed by atoms with E-state index >= 15 is 0 Å². The Labute approximate surface area is 325 Å². The van der Waals surface area contributed by atoms with Crippen molar-refractivity contribution in [2.45, 2.75) is 51.5 Å². The highest BCUT2D eigenvalue weighted by Gasteiger charge is 2.23. The molecule has 0 aliphatic heterocycles. The van der Waals surface area contributed by atoms with Crippen LogP contribution in [0.15, 0.2) is 85.1 Å². The number of carbonyl (C=O) groups excluding carboxylic acids is 2. The average Bonchev–Trinajstić information content (AvgIpc) is 3.13. The summed E-state index contributed by atoms with van der Waals surface area (Å²) in [5.74, 6) is 0.153. The van der Waals surface area contributed by atoms with Crippen molar-refractivity contribution in [1.82, 2.24) is 4.98 Å². The van der Waals surface area contributed by atoms with Crippen molar-refractivity contribution in [1.29, 1.82) is 0 Å². The third kappa shape index (κ3) is 10.3. The number of rotatable bonds is 15. The minimum Gasteiger partial charge on any atom is -0.496 e. The van der Waals surface area contributed by atoms with Crippen LogP contribution in [0.25, 0.3) is 10.8 Å². The maximum absolute atomic E-state index is 13.5. The van der Waals surface area contributed by atoms with Gasteiger partial charge in [-0.1, -0.05) is 51.1 Å². The van der Waals surface area contributed by atoms with Gasteiger partial charge in [-0.15, -0.1) is 0 Å². The monoisotopic (exact) mass is 783 g/mol. The predicted molar refractivity (Wildman–Crippen MR) is 216 cm³/mol. The summed E-state index contributed by atoms with van der Waals surface area (Å²) in [6, 6.07) is 21.4. The molecule has 5 rings (SSSR count). The zero-order chi connectivity index (χ0) is 40.8. The first-order valence-electron chi connectivity index (χ1n) is 17.6. The van der Waals surface area contributed by atoms with E-state index in [0.717, 1.165) is 22.8 Å². The number of ketones is 1. The van der Waals surface area contributed by atoms with E-state index in [1.54, 1.807) is 60.8 Å². The third-order valence-electron chi connectivity index (χ3n) is 8.80. The number of benzene rings is 4. The van der Waals surface area contributed by atoms with E-state index in [0.29, 0.717) is 46.0 Å². The van der Waals surface area contributed by atoms with Gasteiger partial charge in [0.1, 0.15) is 23.3 Å². The largest absolute Gasteiger partial charge is 0.496 e. The number of nitrogens with one attached hydrogen (secondary N) is 3. The Balaban J connectivity index is 1.34. The standard InChI is InChI=1S/C41H45N5O9S/c1-41(2,3)25-21-33(38(54-5)34(22-25)46-56(6,51)52)45-40(50)44-32-14-16-36(29-10-8-7-9-28(29)32)55-27-17-18-43-26(23-27)19-24-11-12-30(37(20-24)53-4)35(47)15-13-31(42)39(48)49/h7-12,14,16-18,20-23,31,46H,13,15,19,42H2,1-6H3,(H,48,49)(H2,44,45,50)/t31-/m1/s1. The van der Waals surface area contributed by atoms with Gasteiger partial charge in [0.25, 0.3) is 0 Å². The molecule has 0 unspecified atom stereocenters. The highest BCUT2D eigenvalue weighted by molar-refractivity contribution is 7.92. The predicted octanol–water partition coefficient (Wildman–Crippen LogP) is 7.32. The summed E-state index contributed by atoms with van der Waals surface area (Å²) < 4.78 is 44.2. The van der Waals surface area contributed by atoms with E-state index in [4.69, 9.17) is 25.1 Å². The van der Waals surface area contributed by atoms with E-state index in [2.05, 4.69) is 20.3 Å². The molecule has 294 valence electrons. The van der Waals surface area contributed by atoms with Crippen LogP contribution in [0.1, 0.15) is 60.8 Å². The van der Waals surface area contributed by atoms with Crippen molar-refractivity contribution in [3.63, 3.8) is 0 Å². The SMILES string of the molecule is COc1cc(Cc2cc(Oc3ccc(NC(=O)Nc4cc(C(C)(C)C)cc(NS(C)(=O)=O)c4OC)c4ccccc34)ccn2)ccc1C(=O)CC[C@@H](N)C(=O)O. The molecule has 5 aromatic rings. The molecule has 0 aliphatic carbocycles. The molecule has 0 aliphatic rings. The number of aromatic nitrogens is 1. The number of hydrogen-bond donors (Lipinski definition) is 5. The number of urea groups is 1. The smallest absolute Gasteiger partial charge is 0.323 e. The van der Waals surface area contributed by atoms with Gasteiger partial charge in [0.05, 0.1) is 43.1 Å². The summed E-state index contributed by atoms with van der Waals surface area (Å²) in [4.78, 5) is 41.8. The number of carbonyl (C=O) groups is 3. The number of carboxylic acid groups (broad SMARTS) is 1. The second-order valence-electron chi connectivity index (χ2n) is 14.2. The number of anilines is 3. The van der Waals surface area contributed by atoms with Crippen LogP contribution >= 0.6 is 0 Å². The number of hydrogen-bond acceptors (Lipinski definition) is 10. The first-order chi connectivity index (χ1) is 26.4. The lowest BCUT2D eigenvalue weighted by atomic mass is 9.86. The molecule has 0 fully saturated rings. The van der Waals surface area contributed by atoms with Crippen molar-refractivity contribution in [2.75, 3.05) is 35.8 Å². The van der Waals surface area contributed by atoms with Crippen LogP contribution in [0, 0.1) is 0 Å². The van der Waals surface area contributed by atoms with Gasteiger partial charge in [-0.2, -0.15) is 0 Å². The minimum atomic E-state index is -3.65. The maximum Gasteiger partial charge on any atom is 0.323 e. The van der Waals surface area contributed by atoms with Crippen LogP contribution < -0.4 is 35.3 Å². The van der Waals surface area contributed by atoms with E-state index < -0.39 is 28.1 Å². The Bertz CT molecular complexity index is 2390. The molecule has 1 atom stereocenters. The fourth-order valence-corrected chi connectivity index (χ4v) is 6.52. The number of amides is 2. The third-order valence-corrected chi connectivity index (χ3v) is 9.39. The molecule has 0 radical (unpaired) electrons. The molecule has 1 aromatic heterocycles. The number of fused-ring (bicyclic) bond motifs is 1. The van der Waals surface area contributed by atoms with Crippen molar-refractivity contribution < 1.29 is 42.1 Å². The van der Waals surface area contributed by atoms with Crippen molar-refractivity contribution in [3.8, 4) is 23.0 Å². The summed E-state index contributed by atoms with van der Waals surface area (Å²) in [7, 11) is -0.795. The Kier molecular flexibility index (Phi) is 12.5. The summed E-state index contributed by atoms with van der Waals surface area (Å²) >= 11 is 0. The van der Waals surface area contributed by atoms with Crippen LogP contribution in [0.2, 0.25) is 0 Å². The number of sulfonamides is 1. The normalized spacial score (nSPS) is 12.1. The Morgan fingerprint density at radius 3 is 2.21 bits per heavy atom. The van der Waals surface area contributed by atoms with E-state index in [1.807, 2.05) is 45.0 Å². The van der Waals surface area contributed by atoms with E-state index in [9.17, 15) is 22.8 Å². The number of methoxy groups -OCH3 is 2. The molecule has 4 aromatic carbocycles. The number of nitrogens with zero attached hydrogens (tertiary/aromatic N) is 1. The zero-order valence-corrected chi connectivity index (χ0v) is 32.7. The van der Waals surface area contributed by atoms with Gasteiger partial charge in [0.15, 0.2) is 11.5 Å². The Morgan fingerprint density at radius 2 is 1.55 bits per heavy atom. The fraction of sp³-hybridized carbons (Fsp3) is 0.268. The topological polar surface area (TPSA) is 208 Å². The van der Waals surface area contributed by atoms with Gasteiger partial charge in [-0.25, -0.2) is 13.2 Å². The molecular weight excluding hydrogens is 739 g/mol. The van der Waals surface area contributed by atoms with E-state index in [-0.39, 0.29) is 41.2 Å². The summed E-state index contributed by atoms with van der Waals surface area (Å²) in [6.07, 6.45) is 3.06. The first kappa shape index (κ1) is 41.0. The number of aliphatic carboxylic acids is 1. The van der Waals surface area contributed by atoms with Crippen LogP contribution in [0.4, 0.5) is 21.9 Å². The number of pyridine rings is 1. The van der Waals surface area contributed by atoms with Gasteiger partial charge in [-0.3, -0.25) is 19.3 Å². The molecule has 0 saturated heterocycles. The molecule has 2 amide bonds. The molecule has 0 spiro atoms. The summed E-state index contributed by atoms with van der Waals surface area (Å²) in [5.41, 5.74) is 8.80.